The van der Waals surface area contributed by atoms with Gasteiger partial charge in [-0.15, -0.1) is 6.58 Å². The Morgan fingerprint density at radius 3 is 1.80 bits per heavy atom. The molecule has 0 saturated carbocycles. The third-order valence-electron chi connectivity index (χ3n) is 2.65. The Hall–Kier alpha value is -0.300. The molecule has 0 rings (SSSR count). The summed E-state index contributed by atoms with van der Waals surface area (Å²) in [4.78, 5) is 0. The highest BCUT2D eigenvalue weighted by atomic mass is 16.3. The maximum Gasteiger partial charge on any atom is 0.0490 e. The summed E-state index contributed by atoms with van der Waals surface area (Å²) in [7, 11) is 0. The van der Waals surface area contributed by atoms with E-state index >= 15 is 0 Å². The van der Waals surface area contributed by atoms with Crippen LogP contribution in [0.5, 0.6) is 0 Å². The first-order valence-corrected chi connectivity index (χ1v) is 3.62. The lowest BCUT2D eigenvalue weighted by Gasteiger charge is -2.37. The Balaban J connectivity index is 4.43. The molecule has 0 bridgehead atoms. The van der Waals surface area contributed by atoms with Crippen LogP contribution < -0.4 is 0 Å². The molecule has 0 amide bonds. The summed E-state index contributed by atoms with van der Waals surface area (Å²) in [6.45, 7) is 12.2. The minimum atomic E-state index is -0.0747. The van der Waals surface area contributed by atoms with E-state index in [2.05, 4.69) is 20.4 Å². The van der Waals surface area contributed by atoms with E-state index in [1.165, 1.54) is 0 Å². The fourth-order valence-electron chi connectivity index (χ4n) is 0.480. The molecule has 10 heavy (non-hydrogen) atoms. The predicted octanol–water partition coefficient (Wildman–Crippen LogP) is 2.22. The van der Waals surface area contributed by atoms with Crippen molar-refractivity contribution in [3.8, 4) is 0 Å². The van der Waals surface area contributed by atoms with E-state index in [1.54, 1.807) is 0 Å². The van der Waals surface area contributed by atoms with Crippen LogP contribution in [0.4, 0.5) is 0 Å². The largest absolute Gasteiger partial charge is 0.396 e. The van der Waals surface area contributed by atoms with Crippen molar-refractivity contribution in [1.82, 2.24) is 0 Å². The molecule has 0 saturated heterocycles. The van der Waals surface area contributed by atoms with Gasteiger partial charge in [0.1, 0.15) is 0 Å². The summed E-state index contributed by atoms with van der Waals surface area (Å²) in [6, 6.07) is 0. The lowest BCUT2D eigenvalue weighted by Crippen LogP contribution is -2.33. The van der Waals surface area contributed by atoms with Gasteiger partial charge in [-0.1, -0.05) is 33.8 Å². The molecule has 0 unspecified atom stereocenters. The monoisotopic (exact) mass is 142 g/mol. The average Bonchev–Trinajstić information content (AvgIpc) is 1.88. The second-order valence-electron chi connectivity index (χ2n) is 3.97. The Morgan fingerprint density at radius 1 is 1.30 bits per heavy atom. The zero-order valence-electron chi connectivity index (χ0n) is 7.44. The van der Waals surface area contributed by atoms with Gasteiger partial charge in [0.25, 0.3) is 0 Å². The van der Waals surface area contributed by atoms with Gasteiger partial charge in [0, 0.05) is 6.61 Å². The smallest absolute Gasteiger partial charge is 0.0490 e. The van der Waals surface area contributed by atoms with Crippen LogP contribution in [-0.2, 0) is 0 Å². The fraction of sp³-hybridized carbons (Fsp3) is 0.778. The van der Waals surface area contributed by atoms with Crippen molar-refractivity contribution in [2.75, 3.05) is 6.61 Å². The standard InChI is InChI=1S/C9H18O/c1-6-8(2,3)9(4,5)7-10/h6,10H,1,7H2,2-5H3. The SMILES string of the molecule is C=CC(C)(C)C(C)(C)CO. The summed E-state index contributed by atoms with van der Waals surface area (Å²) in [5.74, 6) is 0. The number of aliphatic hydroxyl groups excluding tert-OH is 1. The first kappa shape index (κ1) is 9.70. The van der Waals surface area contributed by atoms with E-state index in [9.17, 15) is 0 Å². The van der Waals surface area contributed by atoms with Gasteiger partial charge < -0.3 is 5.11 Å². The number of rotatable bonds is 3. The molecule has 1 nitrogen and oxygen atoms in total. The molecule has 0 fully saturated rings. The lowest BCUT2D eigenvalue weighted by atomic mass is 9.69. The molecule has 0 aliphatic carbocycles. The Morgan fingerprint density at radius 2 is 1.70 bits per heavy atom. The van der Waals surface area contributed by atoms with Gasteiger partial charge in [-0.3, -0.25) is 0 Å². The van der Waals surface area contributed by atoms with Crippen LogP contribution in [0.15, 0.2) is 12.7 Å². The summed E-state index contributed by atoms with van der Waals surface area (Å²) in [6.07, 6.45) is 1.89. The summed E-state index contributed by atoms with van der Waals surface area (Å²) >= 11 is 0. The lowest BCUT2D eigenvalue weighted by molar-refractivity contribution is 0.0700. The molecule has 0 heterocycles. The highest BCUT2D eigenvalue weighted by Crippen LogP contribution is 2.38. The van der Waals surface area contributed by atoms with Gasteiger partial charge >= 0.3 is 0 Å². The summed E-state index contributed by atoms with van der Waals surface area (Å²) in [5, 5.41) is 9.01. The number of allylic oxidation sites excluding steroid dienone is 1. The normalized spacial score (nSPS) is 13.3. The second kappa shape index (κ2) is 2.75. The highest BCUT2D eigenvalue weighted by molar-refractivity contribution is 4.97. The summed E-state index contributed by atoms with van der Waals surface area (Å²) < 4.78 is 0. The van der Waals surface area contributed by atoms with Gasteiger partial charge in [-0.25, -0.2) is 0 Å². The molecule has 0 aromatic heterocycles. The van der Waals surface area contributed by atoms with E-state index in [0.29, 0.717) is 0 Å². The number of hydrogen-bond acceptors (Lipinski definition) is 1. The van der Waals surface area contributed by atoms with Gasteiger partial charge in [0.05, 0.1) is 0 Å². The van der Waals surface area contributed by atoms with E-state index < -0.39 is 0 Å². The maximum atomic E-state index is 9.01. The minimum Gasteiger partial charge on any atom is -0.396 e. The van der Waals surface area contributed by atoms with Crippen molar-refractivity contribution >= 4 is 0 Å². The van der Waals surface area contributed by atoms with Crippen molar-refractivity contribution in [2.45, 2.75) is 27.7 Å². The minimum absolute atomic E-state index is 0.00174. The van der Waals surface area contributed by atoms with Crippen molar-refractivity contribution in [3.05, 3.63) is 12.7 Å². The number of aliphatic hydroxyl groups is 1. The number of hydrogen-bond donors (Lipinski definition) is 1. The molecule has 0 aliphatic heterocycles. The van der Waals surface area contributed by atoms with Crippen molar-refractivity contribution in [1.29, 1.82) is 0 Å². The van der Waals surface area contributed by atoms with E-state index in [0.717, 1.165) is 0 Å². The zero-order chi connectivity index (χ0) is 8.41. The van der Waals surface area contributed by atoms with E-state index in [4.69, 9.17) is 5.11 Å². The van der Waals surface area contributed by atoms with Crippen LogP contribution in [0.25, 0.3) is 0 Å². The second-order valence-corrected chi connectivity index (χ2v) is 3.97. The molecule has 0 aromatic carbocycles. The molecule has 1 heteroatoms. The summed E-state index contributed by atoms with van der Waals surface area (Å²) in [5.41, 5.74) is -0.0729. The third kappa shape index (κ3) is 1.60. The van der Waals surface area contributed by atoms with E-state index in [-0.39, 0.29) is 17.4 Å². The molecule has 0 spiro atoms. The van der Waals surface area contributed by atoms with Crippen LogP contribution in [0.2, 0.25) is 0 Å². The van der Waals surface area contributed by atoms with Gasteiger partial charge in [0.2, 0.25) is 0 Å². The van der Waals surface area contributed by atoms with Gasteiger partial charge in [-0.2, -0.15) is 0 Å². The van der Waals surface area contributed by atoms with Crippen LogP contribution >= 0.6 is 0 Å². The maximum absolute atomic E-state index is 9.01. The predicted molar refractivity (Wildman–Crippen MR) is 44.8 cm³/mol. The molecule has 0 atom stereocenters. The molecule has 0 aromatic rings. The van der Waals surface area contributed by atoms with Crippen molar-refractivity contribution < 1.29 is 5.11 Å². The molecule has 0 aliphatic rings. The quantitative estimate of drug-likeness (QED) is 0.599. The van der Waals surface area contributed by atoms with Crippen molar-refractivity contribution in [2.24, 2.45) is 10.8 Å². The highest BCUT2D eigenvalue weighted by Gasteiger charge is 2.33. The molecule has 1 N–H and O–H groups in total. The van der Waals surface area contributed by atoms with Crippen LogP contribution in [0.1, 0.15) is 27.7 Å². The fourth-order valence-corrected chi connectivity index (χ4v) is 0.480. The van der Waals surface area contributed by atoms with E-state index in [1.807, 2.05) is 19.9 Å². The first-order chi connectivity index (χ1) is 4.37. The van der Waals surface area contributed by atoms with Crippen LogP contribution in [0, 0.1) is 10.8 Å². The molecular weight excluding hydrogens is 124 g/mol. The molecule has 60 valence electrons. The average molecular weight is 142 g/mol. The molecule has 0 radical (unpaired) electrons. The van der Waals surface area contributed by atoms with Crippen LogP contribution in [-0.4, -0.2) is 11.7 Å². The Labute approximate surface area is 63.8 Å². The van der Waals surface area contributed by atoms with Gasteiger partial charge in [-0.05, 0) is 10.8 Å². The molecular formula is C9H18O. The Bertz CT molecular complexity index is 123. The van der Waals surface area contributed by atoms with Crippen LogP contribution in [0.3, 0.4) is 0 Å². The zero-order valence-corrected chi connectivity index (χ0v) is 7.44. The Kier molecular flexibility index (Phi) is 2.67. The topological polar surface area (TPSA) is 20.2 Å². The van der Waals surface area contributed by atoms with Gasteiger partial charge in [0.15, 0.2) is 0 Å². The van der Waals surface area contributed by atoms with Crippen molar-refractivity contribution in [3.63, 3.8) is 0 Å². The first-order valence-electron chi connectivity index (χ1n) is 3.62. The third-order valence-corrected chi connectivity index (χ3v) is 2.65.